The summed E-state index contributed by atoms with van der Waals surface area (Å²) in [6.45, 7) is 7.23. The number of nitrogens with zero attached hydrogens (tertiary/aromatic N) is 3. The van der Waals surface area contributed by atoms with Crippen LogP contribution in [0.25, 0.3) is 0 Å². The van der Waals surface area contributed by atoms with Gasteiger partial charge in [0, 0.05) is 45.2 Å². The van der Waals surface area contributed by atoms with Gasteiger partial charge in [-0.25, -0.2) is 13.2 Å². The molecule has 4 unspecified atom stereocenters. The number of pyridine rings is 1. The first-order valence-corrected chi connectivity index (χ1v) is 13.2. The summed E-state index contributed by atoms with van der Waals surface area (Å²) in [6, 6.07) is 3.25. The Hall–Kier alpha value is -1.75. The third-order valence-corrected chi connectivity index (χ3v) is 8.76. The molecule has 0 radical (unpaired) electrons. The molecule has 1 N–H and O–H groups in total. The highest BCUT2D eigenvalue weighted by Crippen LogP contribution is 2.40. The van der Waals surface area contributed by atoms with Gasteiger partial charge in [0.2, 0.25) is 10.0 Å². The Morgan fingerprint density at radius 1 is 1.27 bits per heavy atom. The lowest BCUT2D eigenvalue weighted by Gasteiger charge is -2.40. The smallest absolute Gasteiger partial charge is 0.410 e. The molecule has 1 amide bonds. The van der Waals surface area contributed by atoms with Gasteiger partial charge in [-0.1, -0.05) is 0 Å². The molecule has 2 aliphatic heterocycles. The maximum atomic E-state index is 13.1. The zero-order valence-corrected chi connectivity index (χ0v) is 20.8. The maximum absolute atomic E-state index is 13.1. The van der Waals surface area contributed by atoms with Crippen LogP contribution in [0.15, 0.2) is 29.4 Å². The van der Waals surface area contributed by atoms with E-state index in [-0.39, 0.29) is 35.2 Å². The molecule has 9 nitrogen and oxygen atoms in total. The quantitative estimate of drug-likeness (QED) is 0.691. The number of fused-ring (bicyclic) bond motifs is 1. The van der Waals surface area contributed by atoms with E-state index in [0.717, 1.165) is 25.7 Å². The van der Waals surface area contributed by atoms with Gasteiger partial charge in [-0.2, -0.15) is 4.31 Å². The van der Waals surface area contributed by atoms with Crippen molar-refractivity contribution in [3.05, 3.63) is 24.5 Å². The molecule has 1 saturated carbocycles. The van der Waals surface area contributed by atoms with E-state index in [1.54, 1.807) is 34.6 Å². The van der Waals surface area contributed by atoms with Crippen LogP contribution in [0, 0.1) is 11.8 Å². The van der Waals surface area contributed by atoms with E-state index in [9.17, 15) is 13.2 Å². The van der Waals surface area contributed by atoms with Gasteiger partial charge in [0.15, 0.2) is 0 Å². The zero-order chi connectivity index (χ0) is 23.8. The predicted molar refractivity (Wildman–Crippen MR) is 123 cm³/mol. The average Bonchev–Trinajstić information content (AvgIpc) is 3.35. The zero-order valence-electron chi connectivity index (χ0n) is 19.9. The number of ether oxygens (including phenoxy) is 2. The fourth-order valence-corrected chi connectivity index (χ4v) is 6.78. The van der Waals surface area contributed by atoms with Crippen LogP contribution in [0.4, 0.5) is 4.79 Å². The van der Waals surface area contributed by atoms with Crippen molar-refractivity contribution in [2.45, 2.75) is 75.3 Å². The molecular formula is C23H36N4O5S. The number of rotatable bonds is 5. The number of carbonyl (C=O) groups is 1. The van der Waals surface area contributed by atoms with Gasteiger partial charge in [-0.05, 0) is 70.4 Å². The first-order chi connectivity index (χ1) is 15.6. The molecule has 3 aliphatic rings. The van der Waals surface area contributed by atoms with Crippen LogP contribution in [-0.2, 0) is 19.5 Å². The minimum atomic E-state index is -3.55. The molecule has 4 rings (SSSR count). The van der Waals surface area contributed by atoms with Crippen molar-refractivity contribution in [2.75, 3.05) is 26.7 Å². The molecule has 33 heavy (non-hydrogen) atoms. The van der Waals surface area contributed by atoms with E-state index < -0.39 is 15.6 Å². The number of carbonyl (C=O) groups excluding carboxylic acids is 1. The number of likely N-dealkylation sites (N-methyl/N-ethyl adjacent to an activating group) is 1. The van der Waals surface area contributed by atoms with E-state index in [4.69, 9.17) is 9.47 Å². The third-order valence-electron chi connectivity index (χ3n) is 6.94. The highest BCUT2D eigenvalue weighted by Gasteiger charge is 2.48. The number of hydrogen-bond donors (Lipinski definition) is 1. The Morgan fingerprint density at radius 2 is 2.06 bits per heavy atom. The summed E-state index contributed by atoms with van der Waals surface area (Å²) in [7, 11) is -1.79. The second-order valence-corrected chi connectivity index (χ2v) is 12.3. The number of aromatic nitrogens is 1. The van der Waals surface area contributed by atoms with Gasteiger partial charge < -0.3 is 14.4 Å². The van der Waals surface area contributed by atoms with E-state index in [0.29, 0.717) is 25.6 Å². The molecule has 0 spiro atoms. The summed E-state index contributed by atoms with van der Waals surface area (Å²) in [4.78, 5) is 18.5. The van der Waals surface area contributed by atoms with E-state index in [1.807, 2.05) is 20.8 Å². The second-order valence-electron chi connectivity index (χ2n) is 10.4. The Kier molecular flexibility index (Phi) is 7.00. The van der Waals surface area contributed by atoms with Crippen LogP contribution >= 0.6 is 0 Å². The molecule has 3 fully saturated rings. The Morgan fingerprint density at radius 3 is 2.76 bits per heavy atom. The highest BCUT2D eigenvalue weighted by atomic mass is 32.2. The predicted octanol–water partition coefficient (Wildman–Crippen LogP) is 2.44. The van der Waals surface area contributed by atoms with Crippen LogP contribution in [0.1, 0.15) is 46.5 Å². The van der Waals surface area contributed by atoms with E-state index >= 15 is 0 Å². The Bertz CT molecular complexity index is 936. The summed E-state index contributed by atoms with van der Waals surface area (Å²) in [5.74, 6) is 0.536. The average molecular weight is 481 g/mol. The summed E-state index contributed by atoms with van der Waals surface area (Å²) in [5.41, 5.74) is -0.560. The number of nitrogens with one attached hydrogen (secondary N) is 1. The van der Waals surface area contributed by atoms with Crippen molar-refractivity contribution in [1.82, 2.24) is 19.5 Å². The van der Waals surface area contributed by atoms with Crippen molar-refractivity contribution < 1.29 is 22.7 Å². The fourth-order valence-electron chi connectivity index (χ4n) is 5.28. The lowest BCUT2D eigenvalue weighted by atomic mass is 9.97. The van der Waals surface area contributed by atoms with Crippen molar-refractivity contribution in [3.8, 4) is 0 Å². The molecule has 2 saturated heterocycles. The number of amides is 1. The van der Waals surface area contributed by atoms with Gasteiger partial charge in [0.05, 0.1) is 6.04 Å². The van der Waals surface area contributed by atoms with Crippen LogP contribution < -0.4 is 5.32 Å². The monoisotopic (exact) mass is 480 g/mol. The molecule has 1 aromatic rings. The van der Waals surface area contributed by atoms with Gasteiger partial charge in [-0.15, -0.1) is 0 Å². The largest absolute Gasteiger partial charge is 0.444 e. The molecule has 3 heterocycles. The topological polar surface area (TPSA) is 101 Å². The van der Waals surface area contributed by atoms with Gasteiger partial charge >= 0.3 is 6.09 Å². The summed E-state index contributed by atoms with van der Waals surface area (Å²) in [6.07, 6.45) is 5.98. The van der Waals surface area contributed by atoms with Crippen LogP contribution in [-0.4, -0.2) is 79.4 Å². The van der Waals surface area contributed by atoms with Gasteiger partial charge in [-0.3, -0.25) is 10.3 Å². The van der Waals surface area contributed by atoms with Crippen LogP contribution in [0.5, 0.6) is 0 Å². The van der Waals surface area contributed by atoms with Crippen molar-refractivity contribution >= 4 is 16.1 Å². The SMILES string of the molecule is CN(C(=O)OC(C)(C)C)C1CCCOC1NC1CC[C@@H]2CN(S(=O)(=O)c3cccnc3)CC12. The number of sulfonamides is 1. The minimum Gasteiger partial charge on any atom is -0.444 e. The van der Waals surface area contributed by atoms with Crippen molar-refractivity contribution in [1.29, 1.82) is 0 Å². The van der Waals surface area contributed by atoms with Gasteiger partial charge in [0.1, 0.15) is 16.7 Å². The fraction of sp³-hybridized carbons (Fsp3) is 0.739. The normalized spacial score (nSPS) is 30.7. The lowest BCUT2D eigenvalue weighted by Crippen LogP contribution is -2.57. The van der Waals surface area contributed by atoms with Crippen molar-refractivity contribution in [3.63, 3.8) is 0 Å². The second kappa shape index (κ2) is 9.48. The van der Waals surface area contributed by atoms with E-state index in [1.165, 1.54) is 6.20 Å². The molecule has 5 atom stereocenters. The van der Waals surface area contributed by atoms with Gasteiger partial charge in [0.25, 0.3) is 0 Å². The standard InChI is InChI=1S/C23H36N4O5S/c1-23(2,3)32-22(28)26(4)20-8-6-12-31-21(20)25-19-10-9-16-14-27(15-18(16)19)33(29,30)17-7-5-11-24-13-17/h5,7,11,13,16,18-21,25H,6,8-10,12,14-15H2,1-4H3/t16-,18?,19?,20?,21?/m1/s1. The molecule has 0 bridgehead atoms. The molecule has 1 aromatic heterocycles. The first-order valence-electron chi connectivity index (χ1n) is 11.8. The molecule has 1 aliphatic carbocycles. The third kappa shape index (κ3) is 5.34. The number of hydrogen-bond acceptors (Lipinski definition) is 7. The highest BCUT2D eigenvalue weighted by molar-refractivity contribution is 7.89. The summed E-state index contributed by atoms with van der Waals surface area (Å²) < 4.78 is 39.4. The molecule has 184 valence electrons. The summed E-state index contributed by atoms with van der Waals surface area (Å²) in [5, 5.41) is 3.64. The van der Waals surface area contributed by atoms with E-state index in [2.05, 4.69) is 10.3 Å². The maximum Gasteiger partial charge on any atom is 0.410 e. The summed E-state index contributed by atoms with van der Waals surface area (Å²) >= 11 is 0. The Labute approximate surface area is 196 Å². The first kappa shape index (κ1) is 24.4. The minimum absolute atomic E-state index is 0.135. The molecule has 10 heteroatoms. The van der Waals surface area contributed by atoms with Crippen molar-refractivity contribution in [2.24, 2.45) is 11.8 Å². The Balaban J connectivity index is 1.42. The van der Waals surface area contributed by atoms with Crippen LogP contribution in [0.2, 0.25) is 0 Å². The lowest BCUT2D eigenvalue weighted by molar-refractivity contribution is -0.0726. The van der Waals surface area contributed by atoms with Crippen LogP contribution in [0.3, 0.4) is 0 Å². The molecule has 0 aromatic carbocycles. The molecular weight excluding hydrogens is 444 g/mol.